The summed E-state index contributed by atoms with van der Waals surface area (Å²) in [5.74, 6) is 0.467. The minimum atomic E-state index is -0.424. The first-order valence-corrected chi connectivity index (χ1v) is 9.18. The SMILES string of the molecule is CCC(CC)C1(O)CC2CCCC(C1)N2Cc1ccccc1. The predicted octanol–water partition coefficient (Wildman–Crippen LogP) is 4.37. The van der Waals surface area contributed by atoms with Gasteiger partial charge in [0, 0.05) is 18.6 Å². The van der Waals surface area contributed by atoms with E-state index in [2.05, 4.69) is 49.1 Å². The zero-order valence-electron chi connectivity index (χ0n) is 14.2. The Kier molecular flexibility index (Phi) is 4.89. The minimum absolute atomic E-state index is 0.424. The summed E-state index contributed by atoms with van der Waals surface area (Å²) in [7, 11) is 0. The van der Waals surface area contributed by atoms with Gasteiger partial charge in [-0.05, 0) is 37.2 Å². The first kappa shape index (κ1) is 16.0. The molecule has 2 saturated heterocycles. The third-order valence-corrected chi connectivity index (χ3v) is 6.14. The molecule has 1 aromatic rings. The lowest BCUT2D eigenvalue weighted by Gasteiger charge is -2.54. The van der Waals surface area contributed by atoms with E-state index in [1.54, 1.807) is 0 Å². The van der Waals surface area contributed by atoms with Crippen LogP contribution in [0.3, 0.4) is 0 Å². The standard InChI is InChI=1S/C20H31NO/c1-3-17(4-2)20(22)13-18-11-8-12-19(14-20)21(18)15-16-9-6-5-7-10-16/h5-7,9-10,17-19,22H,3-4,8,11-15H2,1-2H3. The van der Waals surface area contributed by atoms with Crippen LogP contribution in [-0.4, -0.2) is 27.7 Å². The van der Waals surface area contributed by atoms with Gasteiger partial charge in [0.25, 0.3) is 0 Å². The molecule has 0 saturated carbocycles. The highest BCUT2D eigenvalue weighted by molar-refractivity contribution is 5.16. The number of nitrogens with zero attached hydrogens (tertiary/aromatic N) is 1. The summed E-state index contributed by atoms with van der Waals surface area (Å²) in [6.07, 6.45) is 8.00. The fourth-order valence-corrected chi connectivity index (χ4v) is 4.99. The first-order chi connectivity index (χ1) is 10.7. The van der Waals surface area contributed by atoms with Gasteiger partial charge in [-0.3, -0.25) is 4.90 Å². The van der Waals surface area contributed by atoms with Crippen molar-refractivity contribution in [3.05, 3.63) is 35.9 Å². The summed E-state index contributed by atoms with van der Waals surface area (Å²) in [6, 6.07) is 12.0. The van der Waals surface area contributed by atoms with Crippen LogP contribution >= 0.6 is 0 Å². The molecule has 122 valence electrons. The molecule has 0 amide bonds. The van der Waals surface area contributed by atoms with Gasteiger partial charge < -0.3 is 5.11 Å². The first-order valence-electron chi connectivity index (χ1n) is 9.18. The van der Waals surface area contributed by atoms with E-state index in [0.29, 0.717) is 18.0 Å². The maximum atomic E-state index is 11.3. The molecule has 2 unspecified atom stereocenters. The molecule has 22 heavy (non-hydrogen) atoms. The fourth-order valence-electron chi connectivity index (χ4n) is 4.99. The molecule has 2 atom stereocenters. The van der Waals surface area contributed by atoms with Crippen LogP contribution in [0.4, 0.5) is 0 Å². The zero-order valence-corrected chi connectivity index (χ0v) is 14.2. The van der Waals surface area contributed by atoms with Gasteiger partial charge in [0.1, 0.15) is 0 Å². The number of fused-ring (bicyclic) bond motifs is 2. The van der Waals surface area contributed by atoms with E-state index in [1.165, 1.54) is 24.8 Å². The third-order valence-electron chi connectivity index (χ3n) is 6.14. The average Bonchev–Trinajstić information content (AvgIpc) is 2.50. The molecule has 2 fully saturated rings. The molecule has 2 bridgehead atoms. The molecule has 1 N–H and O–H groups in total. The van der Waals surface area contributed by atoms with Crippen molar-refractivity contribution < 1.29 is 5.11 Å². The molecule has 2 heterocycles. The molecule has 0 radical (unpaired) electrons. The topological polar surface area (TPSA) is 23.5 Å². The molecule has 2 nitrogen and oxygen atoms in total. The Labute approximate surface area is 135 Å². The molecule has 2 aliphatic heterocycles. The Morgan fingerprint density at radius 1 is 1.09 bits per heavy atom. The van der Waals surface area contributed by atoms with Gasteiger partial charge in [-0.1, -0.05) is 63.4 Å². The lowest BCUT2D eigenvalue weighted by atomic mass is 9.68. The van der Waals surface area contributed by atoms with Crippen molar-refractivity contribution >= 4 is 0 Å². The highest BCUT2D eigenvalue weighted by Crippen LogP contribution is 2.44. The number of hydrogen-bond acceptors (Lipinski definition) is 2. The molecule has 0 aromatic heterocycles. The van der Waals surface area contributed by atoms with E-state index in [0.717, 1.165) is 32.2 Å². The van der Waals surface area contributed by atoms with Gasteiger partial charge in [-0.15, -0.1) is 0 Å². The van der Waals surface area contributed by atoms with Gasteiger partial charge in [0.05, 0.1) is 5.60 Å². The normalized spacial score (nSPS) is 32.4. The number of aliphatic hydroxyl groups is 1. The van der Waals surface area contributed by atoms with E-state index in [1.807, 2.05) is 0 Å². The van der Waals surface area contributed by atoms with Crippen LogP contribution in [0.2, 0.25) is 0 Å². The van der Waals surface area contributed by atoms with Crippen molar-refractivity contribution in [3.8, 4) is 0 Å². The van der Waals surface area contributed by atoms with Crippen molar-refractivity contribution in [2.75, 3.05) is 0 Å². The summed E-state index contributed by atoms with van der Waals surface area (Å²) >= 11 is 0. The third kappa shape index (κ3) is 3.09. The highest BCUT2D eigenvalue weighted by atomic mass is 16.3. The van der Waals surface area contributed by atoms with E-state index in [4.69, 9.17) is 0 Å². The second kappa shape index (κ2) is 6.72. The Morgan fingerprint density at radius 3 is 2.23 bits per heavy atom. The molecule has 2 aliphatic rings. The van der Waals surface area contributed by atoms with Crippen LogP contribution in [0.5, 0.6) is 0 Å². The summed E-state index contributed by atoms with van der Waals surface area (Å²) in [5, 5.41) is 11.3. The number of benzene rings is 1. The summed E-state index contributed by atoms with van der Waals surface area (Å²) < 4.78 is 0. The van der Waals surface area contributed by atoms with Gasteiger partial charge in [-0.2, -0.15) is 0 Å². The van der Waals surface area contributed by atoms with Gasteiger partial charge in [0.2, 0.25) is 0 Å². The zero-order chi connectivity index (χ0) is 15.6. The van der Waals surface area contributed by atoms with Crippen LogP contribution in [0, 0.1) is 5.92 Å². The van der Waals surface area contributed by atoms with Crippen molar-refractivity contribution in [2.24, 2.45) is 5.92 Å². The largest absolute Gasteiger partial charge is 0.389 e. The molecule has 0 aliphatic carbocycles. The quantitative estimate of drug-likeness (QED) is 0.873. The van der Waals surface area contributed by atoms with Crippen LogP contribution in [0.15, 0.2) is 30.3 Å². The number of piperidine rings is 2. The maximum Gasteiger partial charge on any atom is 0.0705 e. The summed E-state index contributed by atoms with van der Waals surface area (Å²) in [5.41, 5.74) is 0.985. The van der Waals surface area contributed by atoms with Gasteiger partial charge in [-0.25, -0.2) is 0 Å². The second-order valence-electron chi connectivity index (χ2n) is 7.42. The smallest absolute Gasteiger partial charge is 0.0705 e. The number of rotatable bonds is 5. The van der Waals surface area contributed by atoms with Crippen LogP contribution in [0.1, 0.15) is 64.4 Å². The van der Waals surface area contributed by atoms with Gasteiger partial charge >= 0.3 is 0 Å². The van der Waals surface area contributed by atoms with Gasteiger partial charge in [0.15, 0.2) is 0 Å². The average molecular weight is 301 g/mol. The molecule has 1 aromatic carbocycles. The van der Waals surface area contributed by atoms with E-state index < -0.39 is 5.60 Å². The minimum Gasteiger partial charge on any atom is -0.389 e. The van der Waals surface area contributed by atoms with Crippen molar-refractivity contribution in [3.63, 3.8) is 0 Å². The predicted molar refractivity (Wildman–Crippen MR) is 91.7 cm³/mol. The van der Waals surface area contributed by atoms with Crippen molar-refractivity contribution in [2.45, 2.75) is 83.0 Å². The lowest BCUT2D eigenvalue weighted by molar-refractivity contribution is -0.127. The monoisotopic (exact) mass is 301 g/mol. The molecular weight excluding hydrogens is 270 g/mol. The van der Waals surface area contributed by atoms with Crippen LogP contribution in [-0.2, 0) is 6.54 Å². The Balaban J connectivity index is 1.76. The second-order valence-corrected chi connectivity index (χ2v) is 7.42. The summed E-state index contributed by atoms with van der Waals surface area (Å²) in [6.45, 7) is 5.52. The highest BCUT2D eigenvalue weighted by Gasteiger charge is 2.47. The Morgan fingerprint density at radius 2 is 1.68 bits per heavy atom. The Hall–Kier alpha value is -0.860. The maximum absolute atomic E-state index is 11.3. The molecule has 2 heteroatoms. The fraction of sp³-hybridized carbons (Fsp3) is 0.700. The molecule has 0 spiro atoms. The van der Waals surface area contributed by atoms with Crippen LogP contribution < -0.4 is 0 Å². The van der Waals surface area contributed by atoms with E-state index in [-0.39, 0.29) is 0 Å². The number of hydrogen-bond donors (Lipinski definition) is 1. The Bertz CT molecular complexity index is 454. The molecular formula is C20H31NO. The lowest BCUT2D eigenvalue weighted by Crippen LogP contribution is -2.59. The van der Waals surface area contributed by atoms with E-state index in [9.17, 15) is 5.11 Å². The molecule has 3 rings (SSSR count). The van der Waals surface area contributed by atoms with Crippen LogP contribution in [0.25, 0.3) is 0 Å². The van der Waals surface area contributed by atoms with E-state index >= 15 is 0 Å². The van der Waals surface area contributed by atoms with Crippen molar-refractivity contribution in [1.82, 2.24) is 4.90 Å². The summed E-state index contributed by atoms with van der Waals surface area (Å²) in [4.78, 5) is 2.69. The van der Waals surface area contributed by atoms with Crippen molar-refractivity contribution in [1.29, 1.82) is 0 Å².